The van der Waals surface area contributed by atoms with E-state index in [9.17, 15) is 0 Å². The lowest BCUT2D eigenvalue weighted by atomic mass is 10.0. The van der Waals surface area contributed by atoms with Crippen molar-refractivity contribution in [2.24, 2.45) is 11.8 Å². The van der Waals surface area contributed by atoms with Crippen LogP contribution in [-0.4, -0.2) is 9.97 Å². The van der Waals surface area contributed by atoms with Crippen LogP contribution < -0.4 is 5.32 Å². The van der Waals surface area contributed by atoms with Crippen molar-refractivity contribution in [1.82, 2.24) is 15.3 Å². The molecular weight excluding hydrogens is 298 g/mol. The Hall–Kier alpha value is -2.07. The minimum absolute atomic E-state index is 0.172. The molecule has 3 atom stereocenters. The number of fused-ring (bicyclic) bond motifs is 1. The van der Waals surface area contributed by atoms with E-state index in [2.05, 4.69) is 49.3 Å². The molecule has 4 nitrogen and oxygen atoms in total. The fourth-order valence-electron chi connectivity index (χ4n) is 3.39. The maximum Gasteiger partial charge on any atom is 0.124 e. The highest BCUT2D eigenvalue weighted by molar-refractivity contribution is 5.74. The number of furan rings is 1. The van der Waals surface area contributed by atoms with E-state index in [1.54, 1.807) is 0 Å². The Morgan fingerprint density at radius 3 is 2.75 bits per heavy atom. The summed E-state index contributed by atoms with van der Waals surface area (Å²) in [5.74, 6) is 4.98. The van der Waals surface area contributed by atoms with Crippen molar-refractivity contribution in [3.05, 3.63) is 53.7 Å². The van der Waals surface area contributed by atoms with Crippen LogP contribution in [-0.2, 0) is 6.54 Å². The van der Waals surface area contributed by atoms with E-state index >= 15 is 0 Å². The zero-order valence-corrected chi connectivity index (χ0v) is 14.5. The molecule has 0 radical (unpaired) electrons. The number of aromatic nitrogens is 2. The standard InChI is InChI=1S/C20H25N3O/c1-12(2)19(20-22-16-6-4-5-7-17(16)23-20)21-11-14-8-9-18(24-14)15-10-13(15)3/h4-9,12-13,15,19,21H,10-11H2,1-3H3,(H,22,23). The summed E-state index contributed by atoms with van der Waals surface area (Å²) in [6.45, 7) is 7.43. The van der Waals surface area contributed by atoms with Crippen LogP contribution in [0.5, 0.6) is 0 Å². The quantitative estimate of drug-likeness (QED) is 0.687. The van der Waals surface area contributed by atoms with Gasteiger partial charge in [-0.2, -0.15) is 0 Å². The minimum Gasteiger partial charge on any atom is -0.464 e. The van der Waals surface area contributed by atoms with Crippen LogP contribution in [0.4, 0.5) is 0 Å². The predicted octanol–water partition coefficient (Wildman–Crippen LogP) is 4.77. The van der Waals surface area contributed by atoms with E-state index in [1.165, 1.54) is 6.42 Å². The van der Waals surface area contributed by atoms with Crippen molar-refractivity contribution in [2.75, 3.05) is 0 Å². The molecule has 1 saturated carbocycles. The van der Waals surface area contributed by atoms with Crippen molar-refractivity contribution in [3.63, 3.8) is 0 Å². The molecule has 0 saturated heterocycles. The van der Waals surface area contributed by atoms with Crippen molar-refractivity contribution >= 4 is 11.0 Å². The van der Waals surface area contributed by atoms with Crippen molar-refractivity contribution in [3.8, 4) is 0 Å². The van der Waals surface area contributed by atoms with E-state index in [4.69, 9.17) is 9.40 Å². The molecule has 126 valence electrons. The van der Waals surface area contributed by atoms with Gasteiger partial charge < -0.3 is 14.7 Å². The molecule has 0 spiro atoms. The molecule has 3 aromatic rings. The number of nitrogens with zero attached hydrogens (tertiary/aromatic N) is 1. The fraction of sp³-hybridized carbons (Fsp3) is 0.450. The molecule has 3 unspecified atom stereocenters. The molecule has 1 fully saturated rings. The summed E-state index contributed by atoms with van der Waals surface area (Å²) in [5.41, 5.74) is 2.10. The van der Waals surface area contributed by atoms with Crippen LogP contribution >= 0.6 is 0 Å². The van der Waals surface area contributed by atoms with Crippen molar-refractivity contribution in [2.45, 2.75) is 45.7 Å². The third kappa shape index (κ3) is 2.98. The topological polar surface area (TPSA) is 53.9 Å². The van der Waals surface area contributed by atoms with Gasteiger partial charge in [-0.1, -0.05) is 32.9 Å². The third-order valence-corrected chi connectivity index (χ3v) is 5.02. The number of imidazole rings is 1. The number of rotatable bonds is 6. The van der Waals surface area contributed by atoms with E-state index in [-0.39, 0.29) is 6.04 Å². The first-order chi connectivity index (χ1) is 11.6. The largest absolute Gasteiger partial charge is 0.464 e. The average molecular weight is 323 g/mol. The van der Waals surface area contributed by atoms with Gasteiger partial charge in [-0.05, 0) is 42.5 Å². The molecule has 0 aliphatic heterocycles. The molecule has 4 heteroatoms. The normalized spacial score (nSPS) is 21.5. The Bertz CT molecular complexity index is 799. The number of hydrogen-bond acceptors (Lipinski definition) is 3. The second-order valence-electron chi connectivity index (χ2n) is 7.37. The molecule has 2 N–H and O–H groups in total. The van der Waals surface area contributed by atoms with Crippen LogP contribution in [0.2, 0.25) is 0 Å². The molecule has 0 bridgehead atoms. The minimum atomic E-state index is 0.172. The zero-order chi connectivity index (χ0) is 16.7. The first-order valence-corrected chi connectivity index (χ1v) is 8.88. The molecule has 2 heterocycles. The Kier molecular flexibility index (Phi) is 3.93. The van der Waals surface area contributed by atoms with Gasteiger partial charge in [0.05, 0.1) is 23.6 Å². The van der Waals surface area contributed by atoms with Crippen LogP contribution in [0.3, 0.4) is 0 Å². The first-order valence-electron chi connectivity index (χ1n) is 8.88. The molecule has 4 rings (SSSR count). The number of aromatic amines is 1. The molecule has 2 aromatic heterocycles. The lowest BCUT2D eigenvalue weighted by Gasteiger charge is -2.19. The number of hydrogen-bond donors (Lipinski definition) is 2. The molecule has 0 amide bonds. The van der Waals surface area contributed by atoms with Gasteiger partial charge in [0, 0.05) is 5.92 Å². The number of H-pyrrole nitrogens is 1. The Morgan fingerprint density at radius 1 is 1.25 bits per heavy atom. The lowest BCUT2D eigenvalue weighted by Crippen LogP contribution is -2.26. The Labute approximate surface area is 142 Å². The van der Waals surface area contributed by atoms with Gasteiger partial charge >= 0.3 is 0 Å². The van der Waals surface area contributed by atoms with Crippen molar-refractivity contribution < 1.29 is 4.42 Å². The highest BCUT2D eigenvalue weighted by Gasteiger charge is 2.36. The van der Waals surface area contributed by atoms with E-state index in [0.717, 1.165) is 40.8 Å². The summed E-state index contributed by atoms with van der Waals surface area (Å²) in [6, 6.07) is 12.6. The van der Waals surface area contributed by atoms with Gasteiger partial charge in [-0.25, -0.2) is 4.98 Å². The number of para-hydroxylation sites is 2. The van der Waals surface area contributed by atoms with Gasteiger partial charge in [0.15, 0.2) is 0 Å². The van der Waals surface area contributed by atoms with Gasteiger partial charge in [0.25, 0.3) is 0 Å². The maximum atomic E-state index is 6.01. The summed E-state index contributed by atoms with van der Waals surface area (Å²) in [7, 11) is 0. The SMILES string of the molecule is CC(C)C(NCc1ccc(C2CC2C)o1)c1nc2ccccc2[nH]1. The molecule has 1 aromatic carbocycles. The highest BCUT2D eigenvalue weighted by atomic mass is 16.3. The lowest BCUT2D eigenvalue weighted by molar-refractivity contribution is 0.366. The predicted molar refractivity (Wildman–Crippen MR) is 95.7 cm³/mol. The number of nitrogens with one attached hydrogen (secondary N) is 2. The summed E-state index contributed by atoms with van der Waals surface area (Å²) in [5, 5.41) is 3.61. The second-order valence-corrected chi connectivity index (χ2v) is 7.37. The molecule has 1 aliphatic rings. The van der Waals surface area contributed by atoms with Crippen molar-refractivity contribution in [1.29, 1.82) is 0 Å². The average Bonchev–Trinajstić information content (AvgIpc) is 2.99. The fourth-order valence-corrected chi connectivity index (χ4v) is 3.39. The molecular formula is C20H25N3O. The van der Waals surface area contributed by atoms with E-state index in [0.29, 0.717) is 11.8 Å². The van der Waals surface area contributed by atoms with Crippen LogP contribution in [0, 0.1) is 11.8 Å². The second kappa shape index (κ2) is 6.10. The highest BCUT2D eigenvalue weighted by Crippen LogP contribution is 2.47. The van der Waals surface area contributed by atoms with Gasteiger partial charge in [-0.15, -0.1) is 0 Å². The zero-order valence-electron chi connectivity index (χ0n) is 14.5. The van der Waals surface area contributed by atoms with E-state index in [1.807, 2.05) is 18.2 Å². The Balaban J connectivity index is 1.48. The molecule has 1 aliphatic carbocycles. The van der Waals surface area contributed by atoms with Crippen LogP contribution in [0.1, 0.15) is 56.5 Å². The summed E-state index contributed by atoms with van der Waals surface area (Å²) < 4.78 is 6.01. The van der Waals surface area contributed by atoms with E-state index < -0.39 is 0 Å². The summed E-state index contributed by atoms with van der Waals surface area (Å²) in [4.78, 5) is 8.20. The third-order valence-electron chi connectivity index (χ3n) is 5.02. The number of benzene rings is 1. The smallest absolute Gasteiger partial charge is 0.124 e. The van der Waals surface area contributed by atoms with Gasteiger partial charge in [-0.3, -0.25) is 0 Å². The van der Waals surface area contributed by atoms with Gasteiger partial charge in [0.1, 0.15) is 17.3 Å². The first kappa shape index (κ1) is 15.5. The van der Waals surface area contributed by atoms with Crippen LogP contribution in [0.15, 0.2) is 40.8 Å². The molecule has 24 heavy (non-hydrogen) atoms. The summed E-state index contributed by atoms with van der Waals surface area (Å²) >= 11 is 0. The summed E-state index contributed by atoms with van der Waals surface area (Å²) in [6.07, 6.45) is 1.26. The van der Waals surface area contributed by atoms with Gasteiger partial charge in [0.2, 0.25) is 0 Å². The monoisotopic (exact) mass is 323 g/mol. The van der Waals surface area contributed by atoms with Crippen LogP contribution in [0.25, 0.3) is 11.0 Å². The maximum absolute atomic E-state index is 6.01. The Morgan fingerprint density at radius 2 is 2.04 bits per heavy atom.